The number of hydrogen-bond acceptors (Lipinski definition) is 4. The van der Waals surface area contributed by atoms with Gasteiger partial charge in [0.25, 0.3) is 0 Å². The Hall–Kier alpha value is -1.73. The van der Waals surface area contributed by atoms with Gasteiger partial charge in [-0.1, -0.05) is 24.4 Å². The Balaban J connectivity index is 1.68. The Labute approximate surface area is 154 Å². The molecule has 0 radical (unpaired) electrons. The highest BCUT2D eigenvalue weighted by Crippen LogP contribution is 2.31. The van der Waals surface area contributed by atoms with Crippen LogP contribution < -0.4 is 5.32 Å². The lowest BCUT2D eigenvalue weighted by atomic mass is 10.1. The van der Waals surface area contributed by atoms with Gasteiger partial charge in [-0.3, -0.25) is 9.59 Å². The Morgan fingerprint density at radius 3 is 2.60 bits per heavy atom. The number of halogens is 1. The maximum absolute atomic E-state index is 12.6. The molecule has 1 aromatic carbocycles. The Bertz CT molecular complexity index is 706. The van der Waals surface area contributed by atoms with E-state index >= 15 is 0 Å². The van der Waals surface area contributed by atoms with Gasteiger partial charge < -0.3 is 15.3 Å². The van der Waals surface area contributed by atoms with Crippen LogP contribution in [0.3, 0.4) is 0 Å². The third-order valence-electron chi connectivity index (χ3n) is 4.64. The van der Waals surface area contributed by atoms with Crippen molar-refractivity contribution in [2.24, 2.45) is 5.92 Å². The monoisotopic (exact) mass is 382 g/mol. The summed E-state index contributed by atoms with van der Waals surface area (Å²) in [6.45, 7) is 0. The third-order valence-corrected chi connectivity index (χ3v) is 5.96. The number of hydrogen-bond donors (Lipinski definition) is 2. The molecule has 1 aromatic rings. The first-order valence-electron chi connectivity index (χ1n) is 8.19. The van der Waals surface area contributed by atoms with E-state index in [-0.39, 0.29) is 28.3 Å². The molecular weight excluding hydrogens is 364 g/mol. The number of thioether (sulfide) groups is 1. The second kappa shape index (κ2) is 7.66. The average Bonchev–Trinajstić information content (AvgIpc) is 3.25. The number of anilines is 1. The molecular formula is C17H19ClN2O4S. The summed E-state index contributed by atoms with van der Waals surface area (Å²) in [4.78, 5) is 37.9. The molecule has 3 rings (SSSR count). The van der Waals surface area contributed by atoms with Crippen molar-refractivity contribution < 1.29 is 19.5 Å². The maximum atomic E-state index is 12.6. The van der Waals surface area contributed by atoms with Gasteiger partial charge in [-0.2, -0.15) is 0 Å². The SMILES string of the molecule is O=C(O)c1ccc(NC(=O)C2CSCN2C(=O)C2CCCC2)cc1Cl. The Morgan fingerprint density at radius 2 is 1.96 bits per heavy atom. The van der Waals surface area contributed by atoms with Gasteiger partial charge in [0.05, 0.1) is 16.5 Å². The predicted molar refractivity (Wildman–Crippen MR) is 97.0 cm³/mol. The second-order valence-electron chi connectivity index (χ2n) is 6.29. The standard InChI is InChI=1S/C17H19ClN2O4S/c18-13-7-11(5-6-12(13)17(23)24)19-15(21)14-8-25-9-20(14)16(22)10-3-1-2-4-10/h5-7,10,14H,1-4,8-9H2,(H,19,21)(H,23,24). The number of aromatic carboxylic acids is 1. The summed E-state index contributed by atoms with van der Waals surface area (Å²) < 4.78 is 0. The highest BCUT2D eigenvalue weighted by molar-refractivity contribution is 7.99. The fourth-order valence-corrected chi connectivity index (χ4v) is 4.70. The van der Waals surface area contributed by atoms with Crippen molar-refractivity contribution in [1.82, 2.24) is 4.90 Å². The highest BCUT2D eigenvalue weighted by atomic mass is 35.5. The molecule has 1 aliphatic heterocycles. The first kappa shape index (κ1) is 18.1. The van der Waals surface area contributed by atoms with Gasteiger partial charge in [0.2, 0.25) is 11.8 Å². The zero-order valence-corrected chi connectivity index (χ0v) is 15.1. The van der Waals surface area contributed by atoms with Gasteiger partial charge in [0.1, 0.15) is 6.04 Å². The number of carboxylic acid groups (broad SMARTS) is 1. The van der Waals surface area contributed by atoms with Crippen LogP contribution in [0, 0.1) is 5.92 Å². The highest BCUT2D eigenvalue weighted by Gasteiger charge is 2.38. The van der Waals surface area contributed by atoms with E-state index in [1.54, 1.807) is 16.7 Å². The van der Waals surface area contributed by atoms with Gasteiger partial charge in [-0.05, 0) is 31.0 Å². The van der Waals surface area contributed by atoms with E-state index in [9.17, 15) is 14.4 Å². The van der Waals surface area contributed by atoms with E-state index < -0.39 is 12.0 Å². The molecule has 0 spiro atoms. The van der Waals surface area contributed by atoms with Crippen molar-refractivity contribution in [3.8, 4) is 0 Å². The molecule has 2 amide bonds. The van der Waals surface area contributed by atoms with Crippen LogP contribution in [-0.2, 0) is 9.59 Å². The minimum Gasteiger partial charge on any atom is -0.478 e. The zero-order chi connectivity index (χ0) is 18.0. The second-order valence-corrected chi connectivity index (χ2v) is 7.70. The molecule has 134 valence electrons. The molecule has 1 aliphatic carbocycles. The number of carbonyl (C=O) groups excluding carboxylic acids is 2. The number of rotatable bonds is 4. The van der Waals surface area contributed by atoms with E-state index in [2.05, 4.69) is 5.32 Å². The average molecular weight is 383 g/mol. The molecule has 1 saturated heterocycles. The van der Waals surface area contributed by atoms with Crippen molar-refractivity contribution in [1.29, 1.82) is 0 Å². The van der Waals surface area contributed by atoms with Gasteiger partial charge in [-0.25, -0.2) is 4.79 Å². The van der Waals surface area contributed by atoms with E-state index in [0.717, 1.165) is 25.7 Å². The van der Waals surface area contributed by atoms with Crippen LogP contribution in [0.2, 0.25) is 5.02 Å². The molecule has 2 N–H and O–H groups in total. The summed E-state index contributed by atoms with van der Waals surface area (Å²) in [5.74, 6) is -0.184. The summed E-state index contributed by atoms with van der Waals surface area (Å²) in [6, 6.07) is 3.76. The van der Waals surface area contributed by atoms with Crippen LogP contribution in [0.25, 0.3) is 0 Å². The normalized spacial score (nSPS) is 20.7. The van der Waals surface area contributed by atoms with Crippen LogP contribution in [0.5, 0.6) is 0 Å². The topological polar surface area (TPSA) is 86.7 Å². The van der Waals surface area contributed by atoms with Gasteiger partial charge in [0.15, 0.2) is 0 Å². The molecule has 1 unspecified atom stereocenters. The fourth-order valence-electron chi connectivity index (χ4n) is 3.28. The summed E-state index contributed by atoms with van der Waals surface area (Å²) >= 11 is 7.50. The molecule has 8 heteroatoms. The number of amides is 2. The quantitative estimate of drug-likeness (QED) is 0.835. The minimum atomic E-state index is -1.12. The number of carboxylic acids is 1. The third kappa shape index (κ3) is 3.93. The van der Waals surface area contributed by atoms with E-state index in [0.29, 0.717) is 17.3 Å². The molecule has 25 heavy (non-hydrogen) atoms. The Kier molecular flexibility index (Phi) is 5.54. The number of carbonyl (C=O) groups is 3. The summed E-state index contributed by atoms with van der Waals surface area (Å²) in [5.41, 5.74) is 0.402. The maximum Gasteiger partial charge on any atom is 0.337 e. The van der Waals surface area contributed by atoms with Crippen LogP contribution in [0.15, 0.2) is 18.2 Å². The van der Waals surface area contributed by atoms with Crippen LogP contribution in [-0.4, -0.2) is 45.5 Å². The predicted octanol–water partition coefficient (Wildman–Crippen LogP) is 3.07. The van der Waals surface area contributed by atoms with Gasteiger partial charge >= 0.3 is 5.97 Å². The largest absolute Gasteiger partial charge is 0.478 e. The number of benzene rings is 1. The van der Waals surface area contributed by atoms with Gasteiger partial charge in [-0.15, -0.1) is 11.8 Å². The van der Waals surface area contributed by atoms with Crippen molar-refractivity contribution >= 4 is 46.8 Å². The lowest BCUT2D eigenvalue weighted by Crippen LogP contribution is -2.46. The molecule has 1 heterocycles. The molecule has 2 fully saturated rings. The van der Waals surface area contributed by atoms with Crippen molar-refractivity contribution in [2.45, 2.75) is 31.7 Å². The first-order valence-corrected chi connectivity index (χ1v) is 9.72. The minimum absolute atomic E-state index is 0.0193. The zero-order valence-electron chi connectivity index (χ0n) is 13.5. The number of nitrogens with one attached hydrogen (secondary N) is 1. The molecule has 0 aromatic heterocycles. The lowest BCUT2D eigenvalue weighted by molar-refractivity contribution is -0.139. The molecule has 1 atom stereocenters. The van der Waals surface area contributed by atoms with E-state index in [1.165, 1.54) is 18.2 Å². The van der Waals surface area contributed by atoms with E-state index in [1.807, 2.05) is 0 Å². The fraction of sp³-hybridized carbons (Fsp3) is 0.471. The van der Waals surface area contributed by atoms with Crippen LogP contribution in [0.4, 0.5) is 5.69 Å². The van der Waals surface area contributed by atoms with Crippen LogP contribution >= 0.6 is 23.4 Å². The van der Waals surface area contributed by atoms with Crippen LogP contribution in [0.1, 0.15) is 36.0 Å². The summed E-state index contributed by atoms with van der Waals surface area (Å²) in [5, 5.41) is 11.8. The van der Waals surface area contributed by atoms with E-state index in [4.69, 9.17) is 16.7 Å². The molecule has 6 nitrogen and oxygen atoms in total. The smallest absolute Gasteiger partial charge is 0.337 e. The van der Waals surface area contributed by atoms with Gasteiger partial charge in [0, 0.05) is 17.4 Å². The Morgan fingerprint density at radius 1 is 1.24 bits per heavy atom. The first-order chi connectivity index (χ1) is 12.0. The number of nitrogens with zero attached hydrogens (tertiary/aromatic N) is 1. The molecule has 1 saturated carbocycles. The lowest BCUT2D eigenvalue weighted by Gasteiger charge is -2.25. The van der Waals surface area contributed by atoms with Crippen molar-refractivity contribution in [2.75, 3.05) is 16.9 Å². The van der Waals surface area contributed by atoms with Crippen molar-refractivity contribution in [3.63, 3.8) is 0 Å². The summed E-state index contributed by atoms with van der Waals surface area (Å²) in [6.07, 6.45) is 3.95. The van der Waals surface area contributed by atoms with Crippen molar-refractivity contribution in [3.05, 3.63) is 28.8 Å². The summed E-state index contributed by atoms with van der Waals surface area (Å²) in [7, 11) is 0. The molecule has 0 bridgehead atoms. The molecule has 2 aliphatic rings.